The third-order valence-electron chi connectivity index (χ3n) is 3.66. The summed E-state index contributed by atoms with van der Waals surface area (Å²) in [5.41, 5.74) is 0.446. The van der Waals surface area contributed by atoms with Gasteiger partial charge < -0.3 is 20.0 Å². The fourth-order valence-electron chi connectivity index (χ4n) is 2.57. The normalized spacial score (nSPS) is 17.6. The van der Waals surface area contributed by atoms with E-state index in [2.05, 4.69) is 10.6 Å². The maximum atomic E-state index is 12.1. The second-order valence-electron chi connectivity index (χ2n) is 6.15. The van der Waals surface area contributed by atoms with Crippen molar-refractivity contribution in [3.8, 4) is 0 Å². The molecule has 23 heavy (non-hydrogen) atoms. The van der Waals surface area contributed by atoms with Crippen LogP contribution < -0.4 is 10.6 Å². The summed E-state index contributed by atoms with van der Waals surface area (Å²) in [4.78, 5) is 37.3. The molecule has 1 unspecified atom stereocenters. The number of nitrogens with zero attached hydrogens (tertiary/aromatic N) is 1. The van der Waals surface area contributed by atoms with Crippen LogP contribution in [0.2, 0.25) is 0 Å². The molecule has 2 N–H and O–H groups in total. The van der Waals surface area contributed by atoms with Gasteiger partial charge in [0.05, 0.1) is 17.7 Å². The van der Waals surface area contributed by atoms with Crippen molar-refractivity contribution >= 4 is 17.7 Å². The molecule has 0 aromatic carbocycles. The van der Waals surface area contributed by atoms with E-state index >= 15 is 0 Å². The Morgan fingerprint density at radius 2 is 2.09 bits per heavy atom. The lowest BCUT2D eigenvalue weighted by molar-refractivity contribution is -0.129. The molecular formula is C16H23N3O4. The molecule has 1 aromatic heterocycles. The molecule has 0 bridgehead atoms. The molecule has 1 aliphatic rings. The van der Waals surface area contributed by atoms with Crippen LogP contribution in [0.25, 0.3) is 0 Å². The van der Waals surface area contributed by atoms with E-state index in [-0.39, 0.29) is 30.1 Å². The lowest BCUT2D eigenvalue weighted by Gasteiger charge is -2.18. The number of furan rings is 1. The van der Waals surface area contributed by atoms with Crippen molar-refractivity contribution in [2.75, 3.05) is 26.2 Å². The Bertz CT molecular complexity index is 554. The fourth-order valence-corrected chi connectivity index (χ4v) is 2.57. The number of nitrogens with one attached hydrogen (secondary N) is 2. The molecule has 1 saturated heterocycles. The van der Waals surface area contributed by atoms with Crippen molar-refractivity contribution in [2.24, 2.45) is 11.8 Å². The van der Waals surface area contributed by atoms with E-state index < -0.39 is 0 Å². The molecule has 0 spiro atoms. The Morgan fingerprint density at radius 3 is 2.74 bits per heavy atom. The number of hydrogen-bond donors (Lipinski definition) is 2. The molecular weight excluding hydrogens is 298 g/mol. The first-order valence-electron chi connectivity index (χ1n) is 7.83. The third kappa shape index (κ3) is 4.84. The highest BCUT2D eigenvalue weighted by molar-refractivity contribution is 5.93. The third-order valence-corrected chi connectivity index (χ3v) is 3.66. The summed E-state index contributed by atoms with van der Waals surface area (Å²) in [6.07, 6.45) is 3.05. The summed E-state index contributed by atoms with van der Waals surface area (Å²) in [5.74, 6) is -0.258. The van der Waals surface area contributed by atoms with Gasteiger partial charge >= 0.3 is 0 Å². The van der Waals surface area contributed by atoms with Crippen LogP contribution in [-0.2, 0) is 9.59 Å². The predicted octanol–water partition coefficient (Wildman–Crippen LogP) is 0.630. The molecule has 126 valence electrons. The Hall–Kier alpha value is -2.31. The lowest BCUT2D eigenvalue weighted by atomic mass is 10.1. The SMILES string of the molecule is CC(C)CN1CC(C(=O)NCCNC(=O)c2ccoc2)CC1=O. The summed E-state index contributed by atoms with van der Waals surface area (Å²) >= 11 is 0. The van der Waals surface area contributed by atoms with E-state index in [9.17, 15) is 14.4 Å². The Kier molecular flexibility index (Phi) is 5.78. The molecule has 1 fully saturated rings. The van der Waals surface area contributed by atoms with Gasteiger partial charge in [-0.05, 0) is 12.0 Å². The molecule has 3 amide bonds. The monoisotopic (exact) mass is 321 g/mol. The van der Waals surface area contributed by atoms with Gasteiger partial charge in [-0.2, -0.15) is 0 Å². The van der Waals surface area contributed by atoms with Gasteiger partial charge in [0.2, 0.25) is 11.8 Å². The largest absolute Gasteiger partial charge is 0.472 e. The molecule has 0 radical (unpaired) electrons. The van der Waals surface area contributed by atoms with Gasteiger partial charge in [-0.25, -0.2) is 0 Å². The highest BCUT2D eigenvalue weighted by atomic mass is 16.3. The van der Waals surface area contributed by atoms with Crippen LogP contribution in [0.1, 0.15) is 30.6 Å². The number of likely N-dealkylation sites (tertiary alicyclic amines) is 1. The lowest BCUT2D eigenvalue weighted by Crippen LogP contribution is -2.38. The highest BCUT2D eigenvalue weighted by Gasteiger charge is 2.34. The minimum atomic E-state index is -0.300. The van der Waals surface area contributed by atoms with Crippen LogP contribution in [-0.4, -0.2) is 48.8 Å². The van der Waals surface area contributed by atoms with Crippen LogP contribution in [0, 0.1) is 11.8 Å². The van der Waals surface area contributed by atoms with E-state index in [1.54, 1.807) is 11.0 Å². The molecule has 7 nitrogen and oxygen atoms in total. The minimum absolute atomic E-state index is 0.0344. The van der Waals surface area contributed by atoms with Crippen LogP contribution in [0.15, 0.2) is 23.0 Å². The van der Waals surface area contributed by atoms with Gasteiger partial charge in [-0.15, -0.1) is 0 Å². The Morgan fingerprint density at radius 1 is 1.35 bits per heavy atom. The first-order chi connectivity index (χ1) is 11.0. The summed E-state index contributed by atoms with van der Waals surface area (Å²) in [6.45, 7) is 5.91. The quantitative estimate of drug-likeness (QED) is 0.721. The Labute approximate surface area is 135 Å². The number of carbonyl (C=O) groups is 3. The zero-order valence-electron chi connectivity index (χ0n) is 13.5. The van der Waals surface area contributed by atoms with E-state index in [4.69, 9.17) is 4.42 Å². The van der Waals surface area contributed by atoms with Crippen molar-refractivity contribution in [3.63, 3.8) is 0 Å². The fraction of sp³-hybridized carbons (Fsp3) is 0.562. The van der Waals surface area contributed by atoms with E-state index in [0.29, 0.717) is 37.7 Å². The second kappa shape index (κ2) is 7.80. The van der Waals surface area contributed by atoms with Gasteiger partial charge in [0, 0.05) is 32.6 Å². The molecule has 1 aromatic rings. The summed E-state index contributed by atoms with van der Waals surface area (Å²) in [6, 6.07) is 1.57. The molecule has 1 aliphatic heterocycles. The van der Waals surface area contributed by atoms with Gasteiger partial charge in [0.1, 0.15) is 6.26 Å². The van der Waals surface area contributed by atoms with Gasteiger partial charge in [-0.3, -0.25) is 14.4 Å². The van der Waals surface area contributed by atoms with Crippen molar-refractivity contribution in [2.45, 2.75) is 20.3 Å². The first-order valence-corrected chi connectivity index (χ1v) is 7.83. The van der Waals surface area contributed by atoms with Crippen molar-refractivity contribution in [3.05, 3.63) is 24.2 Å². The molecule has 0 saturated carbocycles. The molecule has 2 rings (SSSR count). The molecule has 0 aliphatic carbocycles. The second-order valence-corrected chi connectivity index (χ2v) is 6.15. The van der Waals surface area contributed by atoms with Crippen LogP contribution >= 0.6 is 0 Å². The zero-order valence-corrected chi connectivity index (χ0v) is 13.5. The summed E-state index contributed by atoms with van der Waals surface area (Å²) < 4.78 is 4.83. The number of hydrogen-bond acceptors (Lipinski definition) is 4. The van der Waals surface area contributed by atoms with E-state index in [0.717, 1.165) is 0 Å². The molecule has 7 heteroatoms. The number of rotatable bonds is 7. The minimum Gasteiger partial charge on any atom is -0.472 e. The zero-order chi connectivity index (χ0) is 16.8. The number of amides is 3. The van der Waals surface area contributed by atoms with Crippen LogP contribution in [0.3, 0.4) is 0 Å². The maximum absolute atomic E-state index is 12.1. The smallest absolute Gasteiger partial charge is 0.254 e. The van der Waals surface area contributed by atoms with E-state index in [1.807, 2.05) is 13.8 Å². The topological polar surface area (TPSA) is 91.7 Å². The first kappa shape index (κ1) is 17.1. The predicted molar refractivity (Wildman–Crippen MR) is 83.6 cm³/mol. The Balaban J connectivity index is 1.67. The molecule has 2 heterocycles. The van der Waals surface area contributed by atoms with Gasteiger partial charge in [-0.1, -0.05) is 13.8 Å². The van der Waals surface area contributed by atoms with Gasteiger partial charge in [0.15, 0.2) is 0 Å². The number of carbonyl (C=O) groups excluding carboxylic acids is 3. The summed E-state index contributed by atoms with van der Waals surface area (Å²) in [7, 11) is 0. The van der Waals surface area contributed by atoms with Crippen LogP contribution in [0.5, 0.6) is 0 Å². The average Bonchev–Trinajstić information content (AvgIpc) is 3.13. The summed E-state index contributed by atoms with van der Waals surface area (Å²) in [5, 5.41) is 5.45. The maximum Gasteiger partial charge on any atom is 0.254 e. The van der Waals surface area contributed by atoms with Crippen LogP contribution in [0.4, 0.5) is 0 Å². The highest BCUT2D eigenvalue weighted by Crippen LogP contribution is 2.18. The van der Waals surface area contributed by atoms with Crippen molar-refractivity contribution in [1.29, 1.82) is 0 Å². The van der Waals surface area contributed by atoms with E-state index in [1.165, 1.54) is 12.5 Å². The average molecular weight is 321 g/mol. The standard InChI is InChI=1S/C16H23N3O4/c1-11(2)8-19-9-13(7-14(19)20)16(22)18-5-4-17-15(21)12-3-6-23-10-12/h3,6,10-11,13H,4-5,7-9H2,1-2H3,(H,17,21)(H,18,22). The molecule has 1 atom stereocenters. The van der Waals surface area contributed by atoms with Crippen molar-refractivity contribution in [1.82, 2.24) is 15.5 Å². The van der Waals surface area contributed by atoms with Crippen molar-refractivity contribution < 1.29 is 18.8 Å². The van der Waals surface area contributed by atoms with Gasteiger partial charge in [0.25, 0.3) is 5.91 Å².